The van der Waals surface area contributed by atoms with Crippen LogP contribution in [-0.2, 0) is 22.7 Å². The van der Waals surface area contributed by atoms with Crippen molar-refractivity contribution in [2.75, 3.05) is 11.2 Å². The molecule has 4 heterocycles. The first-order valence-corrected chi connectivity index (χ1v) is 12.2. The fourth-order valence-corrected chi connectivity index (χ4v) is 5.97. The maximum atomic E-state index is 12.0. The summed E-state index contributed by atoms with van der Waals surface area (Å²) in [4.78, 5) is 19.1. The zero-order valence-corrected chi connectivity index (χ0v) is 17.9. The molecule has 2 aliphatic rings. The van der Waals surface area contributed by atoms with E-state index in [1.54, 1.807) is 12.6 Å². The van der Waals surface area contributed by atoms with Crippen LogP contribution in [0.4, 0.5) is 5.69 Å². The van der Waals surface area contributed by atoms with E-state index in [1.807, 2.05) is 18.3 Å². The molecule has 3 aromatic heterocycles. The second-order valence-corrected chi connectivity index (χ2v) is 11.1. The maximum Gasteiger partial charge on any atom is 0.141 e. The van der Waals surface area contributed by atoms with E-state index in [0.717, 1.165) is 47.4 Å². The first kappa shape index (κ1) is 18.8. The average molecular weight is 431 g/mol. The summed E-state index contributed by atoms with van der Waals surface area (Å²) < 4.78 is 19.9. The Bertz CT molecular complexity index is 1200. The van der Waals surface area contributed by atoms with Crippen molar-refractivity contribution in [3.8, 4) is 0 Å². The van der Waals surface area contributed by atoms with E-state index in [2.05, 4.69) is 31.8 Å². The second-order valence-electron chi connectivity index (χ2n) is 8.26. The molecule has 29 heavy (non-hydrogen) atoms. The molecule has 1 aliphatic carbocycles. The van der Waals surface area contributed by atoms with Gasteiger partial charge in [0, 0.05) is 63.3 Å². The van der Waals surface area contributed by atoms with Crippen molar-refractivity contribution < 1.29 is 4.21 Å². The highest BCUT2D eigenvalue weighted by molar-refractivity contribution is 7.92. The number of anilines is 1. The Morgan fingerprint density at radius 3 is 2.90 bits per heavy atom. The van der Waals surface area contributed by atoms with E-state index >= 15 is 0 Å². The van der Waals surface area contributed by atoms with Gasteiger partial charge in [0.15, 0.2) is 0 Å². The second kappa shape index (κ2) is 6.67. The lowest BCUT2D eigenvalue weighted by molar-refractivity contribution is 0.407. The zero-order chi connectivity index (χ0) is 20.3. The predicted molar refractivity (Wildman–Crippen MR) is 115 cm³/mol. The van der Waals surface area contributed by atoms with Crippen molar-refractivity contribution in [1.29, 1.82) is 4.78 Å². The molecule has 1 unspecified atom stereocenters. The van der Waals surface area contributed by atoms with Crippen LogP contribution in [0.2, 0.25) is 5.15 Å². The minimum absolute atomic E-state index is 0.0322. The topological polar surface area (TPSA) is 98.6 Å². The van der Waals surface area contributed by atoms with Crippen LogP contribution < -0.4 is 4.90 Å². The Hall–Kier alpha value is -2.19. The fraction of sp³-hybridized carbons (Fsp3) is 0.450. The number of nitrogens with one attached hydrogen (secondary N) is 2. The van der Waals surface area contributed by atoms with Crippen molar-refractivity contribution >= 4 is 38.1 Å². The highest BCUT2D eigenvalue weighted by atomic mass is 35.5. The van der Waals surface area contributed by atoms with Crippen LogP contribution in [0.1, 0.15) is 42.6 Å². The smallest absolute Gasteiger partial charge is 0.141 e. The van der Waals surface area contributed by atoms with Crippen molar-refractivity contribution in [2.24, 2.45) is 0 Å². The Morgan fingerprint density at radius 2 is 2.14 bits per heavy atom. The first-order chi connectivity index (χ1) is 13.8. The third-order valence-electron chi connectivity index (χ3n) is 6.32. The van der Waals surface area contributed by atoms with Gasteiger partial charge in [-0.2, -0.15) is 0 Å². The lowest BCUT2D eigenvalue weighted by Gasteiger charge is -2.40. The molecular weight excluding hydrogens is 408 g/mol. The third-order valence-corrected chi connectivity index (χ3v) is 8.17. The van der Waals surface area contributed by atoms with Crippen molar-refractivity contribution in [3.05, 3.63) is 46.8 Å². The number of pyridine rings is 1. The van der Waals surface area contributed by atoms with Gasteiger partial charge in [-0.05, 0) is 31.9 Å². The van der Waals surface area contributed by atoms with Gasteiger partial charge in [0.05, 0.1) is 17.1 Å². The van der Waals surface area contributed by atoms with Crippen molar-refractivity contribution in [3.63, 3.8) is 0 Å². The number of nitrogens with zero attached hydrogens (tertiary/aromatic N) is 4. The quantitative estimate of drug-likeness (QED) is 0.614. The van der Waals surface area contributed by atoms with Crippen LogP contribution in [0.25, 0.3) is 11.0 Å². The molecule has 3 aromatic rings. The predicted octanol–water partition coefficient (Wildman–Crippen LogP) is 3.88. The monoisotopic (exact) mass is 430 g/mol. The van der Waals surface area contributed by atoms with E-state index < -0.39 is 9.73 Å². The van der Waals surface area contributed by atoms with Gasteiger partial charge in [0.2, 0.25) is 0 Å². The summed E-state index contributed by atoms with van der Waals surface area (Å²) in [5.74, 6) is 0.256. The molecule has 2 N–H and O–H groups in total. The minimum Gasteiger partial charge on any atom is -0.363 e. The van der Waals surface area contributed by atoms with E-state index in [1.165, 1.54) is 5.56 Å². The standard InChI is InChI=1S/C20H23ClN6OS/c1-11-5-16-15(19(25-10-24-16)12-6-13(7-12)29(2,22)28)9-27(11)17-8-18(21)26-20-14(17)3-4-23-20/h3-4,8,10-13,22H,5-7,9H2,1-2H3,(H,23,26)/t11-,12?,13?,29?/m1/s1. The van der Waals surface area contributed by atoms with E-state index in [0.29, 0.717) is 11.7 Å². The molecule has 2 atom stereocenters. The number of hydrogen-bond donors (Lipinski definition) is 2. The molecule has 0 amide bonds. The molecule has 0 radical (unpaired) electrons. The normalized spacial score (nSPS) is 26.0. The van der Waals surface area contributed by atoms with Crippen LogP contribution >= 0.6 is 11.6 Å². The van der Waals surface area contributed by atoms with E-state index in [9.17, 15) is 4.21 Å². The number of aromatic amines is 1. The van der Waals surface area contributed by atoms with Crippen LogP contribution in [-0.4, -0.2) is 41.7 Å². The number of fused-ring (bicyclic) bond motifs is 2. The molecule has 0 saturated heterocycles. The van der Waals surface area contributed by atoms with Crippen molar-refractivity contribution in [2.45, 2.75) is 49.9 Å². The molecule has 0 aromatic carbocycles. The van der Waals surface area contributed by atoms with E-state index in [-0.39, 0.29) is 17.2 Å². The highest BCUT2D eigenvalue weighted by Gasteiger charge is 2.39. The summed E-state index contributed by atoms with van der Waals surface area (Å²) in [7, 11) is -2.49. The lowest BCUT2D eigenvalue weighted by atomic mass is 9.79. The van der Waals surface area contributed by atoms with Crippen molar-refractivity contribution in [1.82, 2.24) is 19.9 Å². The Balaban J connectivity index is 1.52. The largest absolute Gasteiger partial charge is 0.363 e. The average Bonchev–Trinajstić information content (AvgIpc) is 3.06. The maximum absolute atomic E-state index is 12.0. The van der Waals surface area contributed by atoms with Crippen LogP contribution in [0.5, 0.6) is 0 Å². The van der Waals surface area contributed by atoms with Gasteiger partial charge in [0.25, 0.3) is 0 Å². The highest BCUT2D eigenvalue weighted by Crippen LogP contribution is 2.43. The molecule has 1 aliphatic heterocycles. The van der Waals surface area contributed by atoms with Crippen LogP contribution in [0.3, 0.4) is 0 Å². The van der Waals surface area contributed by atoms with Gasteiger partial charge in [-0.3, -0.25) is 4.78 Å². The zero-order valence-electron chi connectivity index (χ0n) is 16.4. The summed E-state index contributed by atoms with van der Waals surface area (Å²) in [5, 5.41) is 1.48. The molecule has 1 fully saturated rings. The minimum atomic E-state index is -2.49. The van der Waals surface area contributed by atoms with Gasteiger partial charge in [0.1, 0.15) is 17.1 Å². The molecular formula is C20H23ClN6OS. The summed E-state index contributed by atoms with van der Waals surface area (Å²) in [6.07, 6.45) is 7.44. The number of hydrogen-bond acceptors (Lipinski definition) is 6. The first-order valence-electron chi connectivity index (χ1n) is 9.76. The Kier molecular flexibility index (Phi) is 4.33. The van der Waals surface area contributed by atoms with Crippen LogP contribution in [0.15, 0.2) is 24.7 Å². The third kappa shape index (κ3) is 3.18. The fourth-order valence-electron chi connectivity index (χ4n) is 4.59. The molecule has 9 heteroatoms. The molecule has 152 valence electrons. The van der Waals surface area contributed by atoms with E-state index in [4.69, 9.17) is 16.4 Å². The molecule has 5 rings (SSSR count). The van der Waals surface area contributed by atoms with Gasteiger partial charge < -0.3 is 9.88 Å². The van der Waals surface area contributed by atoms with Gasteiger partial charge in [-0.25, -0.2) is 19.2 Å². The Morgan fingerprint density at radius 1 is 1.34 bits per heavy atom. The summed E-state index contributed by atoms with van der Waals surface area (Å²) >= 11 is 6.29. The number of rotatable bonds is 3. The molecule has 0 bridgehead atoms. The number of H-pyrrole nitrogens is 1. The summed E-state index contributed by atoms with van der Waals surface area (Å²) in [6, 6.07) is 4.22. The number of aromatic nitrogens is 4. The van der Waals surface area contributed by atoms with Gasteiger partial charge in [-0.15, -0.1) is 0 Å². The summed E-state index contributed by atoms with van der Waals surface area (Å²) in [6.45, 7) is 2.90. The molecule has 0 spiro atoms. The molecule has 7 nitrogen and oxygen atoms in total. The van der Waals surface area contributed by atoms with Crippen LogP contribution in [0, 0.1) is 4.78 Å². The van der Waals surface area contributed by atoms with Gasteiger partial charge in [-0.1, -0.05) is 11.6 Å². The molecule has 1 saturated carbocycles. The Labute approximate surface area is 174 Å². The SMILES string of the molecule is C[C@@H]1Cc2ncnc(C3CC(S(C)(=N)=O)C3)c2CN1c1cc(Cl)nc2[nH]ccc12. The number of halogens is 1. The summed E-state index contributed by atoms with van der Waals surface area (Å²) in [5.41, 5.74) is 5.15. The lowest BCUT2D eigenvalue weighted by Crippen LogP contribution is -2.41. The van der Waals surface area contributed by atoms with Gasteiger partial charge >= 0.3 is 0 Å².